The number of hydrogen-bond donors (Lipinski definition) is 0. The molecule has 0 spiro atoms. The summed E-state index contributed by atoms with van der Waals surface area (Å²) >= 11 is 1.31. The molecule has 7 nitrogen and oxygen atoms in total. The van der Waals surface area contributed by atoms with Crippen LogP contribution in [0.3, 0.4) is 0 Å². The van der Waals surface area contributed by atoms with Gasteiger partial charge in [0.25, 0.3) is 11.2 Å². The van der Waals surface area contributed by atoms with Gasteiger partial charge in [-0.1, -0.05) is 23.5 Å². The number of nitrogens with zero attached hydrogens (tertiary/aromatic N) is 3. The van der Waals surface area contributed by atoms with E-state index >= 15 is 0 Å². The molecule has 29 heavy (non-hydrogen) atoms. The topological polar surface area (TPSA) is 90.7 Å². The van der Waals surface area contributed by atoms with E-state index < -0.39 is 4.92 Å². The number of aryl methyl sites for hydroxylation is 1. The molecule has 0 bridgehead atoms. The van der Waals surface area contributed by atoms with E-state index in [1.54, 1.807) is 41.7 Å². The monoisotopic (exact) mass is 403 g/mol. The molecule has 0 amide bonds. The molecule has 0 N–H and O–H groups in total. The van der Waals surface area contributed by atoms with Gasteiger partial charge in [0.05, 0.1) is 16.0 Å². The van der Waals surface area contributed by atoms with Crippen LogP contribution < -0.4 is 10.1 Å². The number of nitro benzene ring substituents is 1. The number of imidazole rings is 1. The Hall–Kier alpha value is -3.78. The zero-order valence-electron chi connectivity index (χ0n) is 15.2. The van der Waals surface area contributed by atoms with Crippen LogP contribution in [0.25, 0.3) is 33.4 Å². The van der Waals surface area contributed by atoms with E-state index in [9.17, 15) is 14.9 Å². The molecular formula is C21H13N3O4S. The predicted octanol–water partition coefficient (Wildman–Crippen LogP) is 3.93. The second-order valence-electron chi connectivity index (χ2n) is 6.59. The van der Waals surface area contributed by atoms with Crippen LogP contribution in [0.2, 0.25) is 0 Å². The van der Waals surface area contributed by atoms with E-state index in [2.05, 4.69) is 4.98 Å². The van der Waals surface area contributed by atoms with Crippen LogP contribution in [0, 0.1) is 17.0 Å². The molecule has 0 aliphatic heterocycles. The van der Waals surface area contributed by atoms with Gasteiger partial charge in [-0.3, -0.25) is 14.9 Å². The average Bonchev–Trinajstić information content (AvgIpc) is 3.37. The van der Waals surface area contributed by atoms with E-state index in [1.165, 1.54) is 17.4 Å². The van der Waals surface area contributed by atoms with Crippen LogP contribution in [-0.4, -0.2) is 14.3 Å². The van der Waals surface area contributed by atoms with Gasteiger partial charge in [0.2, 0.25) is 0 Å². The third-order valence-corrected chi connectivity index (χ3v) is 5.69. The van der Waals surface area contributed by atoms with Crippen LogP contribution in [0.4, 0.5) is 5.69 Å². The molecule has 0 atom stereocenters. The Kier molecular flexibility index (Phi) is 3.82. The number of para-hydroxylation sites is 2. The van der Waals surface area contributed by atoms with Crippen molar-refractivity contribution in [3.05, 3.63) is 90.9 Å². The summed E-state index contributed by atoms with van der Waals surface area (Å²) in [7, 11) is 0. The number of hydrogen-bond acceptors (Lipinski definition) is 6. The molecule has 8 heteroatoms. The van der Waals surface area contributed by atoms with Gasteiger partial charge in [0, 0.05) is 23.3 Å². The summed E-state index contributed by atoms with van der Waals surface area (Å²) in [4.78, 5) is 28.5. The maximum Gasteiger partial charge on any atom is 0.275 e. The summed E-state index contributed by atoms with van der Waals surface area (Å²) in [6, 6.07) is 15.9. The molecule has 0 aliphatic rings. The molecule has 5 rings (SSSR count). The van der Waals surface area contributed by atoms with Crippen molar-refractivity contribution < 1.29 is 9.34 Å². The molecule has 0 saturated carbocycles. The average molecular weight is 403 g/mol. The summed E-state index contributed by atoms with van der Waals surface area (Å²) in [6.45, 7) is 1.69. The van der Waals surface area contributed by atoms with Gasteiger partial charge in [-0.05, 0) is 43.3 Å². The number of rotatable bonds is 3. The Morgan fingerprint density at radius 3 is 2.79 bits per heavy atom. The van der Waals surface area contributed by atoms with Gasteiger partial charge >= 0.3 is 0 Å². The van der Waals surface area contributed by atoms with Crippen molar-refractivity contribution in [2.75, 3.05) is 0 Å². The van der Waals surface area contributed by atoms with Crippen molar-refractivity contribution in [1.29, 1.82) is 0 Å². The molecule has 0 saturated heterocycles. The number of nitro groups is 1. The van der Waals surface area contributed by atoms with E-state index in [4.69, 9.17) is 4.42 Å². The molecular weight excluding hydrogens is 390 g/mol. The minimum Gasteiger partial charge on any atom is -0.457 e. The first-order chi connectivity index (χ1) is 14.0. The molecule has 5 aromatic rings. The number of furan rings is 1. The Bertz CT molecular complexity index is 1530. The number of benzene rings is 2. The van der Waals surface area contributed by atoms with Crippen molar-refractivity contribution in [3.63, 3.8) is 0 Å². The summed E-state index contributed by atoms with van der Waals surface area (Å²) in [5.74, 6) is 1.11. The number of thiazole rings is 1. The Balaban J connectivity index is 1.57. The fourth-order valence-corrected chi connectivity index (χ4v) is 4.31. The number of fused-ring (bicyclic) bond motifs is 3. The fourth-order valence-electron chi connectivity index (χ4n) is 3.34. The number of aromatic nitrogens is 2. The molecule has 0 radical (unpaired) electrons. The van der Waals surface area contributed by atoms with Gasteiger partial charge in [0.1, 0.15) is 16.1 Å². The van der Waals surface area contributed by atoms with Gasteiger partial charge < -0.3 is 4.42 Å². The predicted molar refractivity (Wildman–Crippen MR) is 111 cm³/mol. The van der Waals surface area contributed by atoms with E-state index in [0.717, 1.165) is 16.6 Å². The normalized spacial score (nSPS) is 12.2. The lowest BCUT2D eigenvalue weighted by Crippen LogP contribution is -2.22. The second kappa shape index (κ2) is 6.39. The van der Waals surface area contributed by atoms with Gasteiger partial charge in [-0.15, -0.1) is 0 Å². The standard InChI is InChI=1S/C21H13N3O4S/c1-12-10-13(6-8-16(12)24(26)27)18-9-7-14(28-18)11-19-20(25)23-17-5-3-2-4-15(17)22-21(23)29-19/h2-11H,1H3/b19-11+. The zero-order chi connectivity index (χ0) is 20.1. The van der Waals surface area contributed by atoms with Crippen LogP contribution in [-0.2, 0) is 0 Å². The van der Waals surface area contributed by atoms with Crippen molar-refractivity contribution in [1.82, 2.24) is 9.38 Å². The molecule has 2 aromatic carbocycles. The van der Waals surface area contributed by atoms with Gasteiger partial charge in [-0.25, -0.2) is 9.38 Å². The van der Waals surface area contributed by atoms with Crippen LogP contribution >= 0.6 is 11.3 Å². The highest BCUT2D eigenvalue weighted by Crippen LogP contribution is 2.27. The Morgan fingerprint density at radius 2 is 2.00 bits per heavy atom. The van der Waals surface area contributed by atoms with Crippen molar-refractivity contribution in [2.45, 2.75) is 6.92 Å². The second-order valence-corrected chi connectivity index (χ2v) is 7.60. The van der Waals surface area contributed by atoms with Gasteiger partial charge in [0.15, 0.2) is 4.96 Å². The maximum absolute atomic E-state index is 12.8. The summed E-state index contributed by atoms with van der Waals surface area (Å²) in [6.07, 6.45) is 1.69. The summed E-state index contributed by atoms with van der Waals surface area (Å²) < 4.78 is 7.99. The third kappa shape index (κ3) is 2.81. The Morgan fingerprint density at radius 1 is 1.17 bits per heavy atom. The molecule has 0 fully saturated rings. The molecule has 3 heterocycles. The largest absolute Gasteiger partial charge is 0.457 e. The lowest BCUT2D eigenvalue weighted by molar-refractivity contribution is -0.385. The first-order valence-corrected chi connectivity index (χ1v) is 9.60. The summed E-state index contributed by atoms with van der Waals surface area (Å²) in [5.41, 5.74) is 2.80. The zero-order valence-corrected chi connectivity index (χ0v) is 16.0. The lowest BCUT2D eigenvalue weighted by atomic mass is 10.1. The highest BCUT2D eigenvalue weighted by atomic mass is 32.1. The first kappa shape index (κ1) is 17.3. The van der Waals surface area contributed by atoms with Gasteiger partial charge in [-0.2, -0.15) is 0 Å². The lowest BCUT2D eigenvalue weighted by Gasteiger charge is -2.00. The molecule has 3 aromatic heterocycles. The minimum atomic E-state index is -0.410. The molecule has 0 unspecified atom stereocenters. The van der Waals surface area contributed by atoms with E-state index in [-0.39, 0.29) is 11.2 Å². The molecule has 0 aliphatic carbocycles. The summed E-state index contributed by atoms with van der Waals surface area (Å²) in [5, 5.41) is 11.0. The quantitative estimate of drug-likeness (QED) is 0.336. The SMILES string of the molecule is Cc1cc(-c2ccc(/C=c3/sc4nc5ccccc5n4c3=O)o2)ccc1[N+](=O)[O-]. The minimum absolute atomic E-state index is 0.0669. The van der Waals surface area contributed by atoms with Crippen molar-refractivity contribution >= 4 is 39.1 Å². The van der Waals surface area contributed by atoms with E-state index in [1.807, 2.05) is 24.3 Å². The highest BCUT2D eigenvalue weighted by molar-refractivity contribution is 7.15. The van der Waals surface area contributed by atoms with Crippen molar-refractivity contribution in [2.24, 2.45) is 0 Å². The fraction of sp³-hybridized carbons (Fsp3) is 0.0476. The van der Waals surface area contributed by atoms with Crippen molar-refractivity contribution in [3.8, 4) is 11.3 Å². The van der Waals surface area contributed by atoms with E-state index in [0.29, 0.717) is 26.6 Å². The van der Waals surface area contributed by atoms with Crippen LogP contribution in [0.1, 0.15) is 11.3 Å². The third-order valence-electron chi connectivity index (χ3n) is 4.72. The molecule has 142 valence electrons. The van der Waals surface area contributed by atoms with Crippen LogP contribution in [0.15, 0.2) is 63.8 Å². The van der Waals surface area contributed by atoms with Crippen LogP contribution in [0.5, 0.6) is 0 Å². The highest BCUT2D eigenvalue weighted by Gasteiger charge is 2.14. The Labute approximate surface area is 167 Å². The maximum atomic E-state index is 12.8. The smallest absolute Gasteiger partial charge is 0.275 e. The first-order valence-electron chi connectivity index (χ1n) is 8.78.